The Bertz CT molecular complexity index is 1550. The van der Waals surface area contributed by atoms with Crippen molar-refractivity contribution in [3.63, 3.8) is 0 Å². The van der Waals surface area contributed by atoms with Gasteiger partial charge in [-0.3, -0.25) is 4.79 Å². The minimum atomic E-state index is -4.51. The minimum Gasteiger partial charge on any atom is -0.370 e. The van der Waals surface area contributed by atoms with Crippen molar-refractivity contribution in [1.82, 2.24) is 19.4 Å². The smallest absolute Gasteiger partial charge is 0.370 e. The maximum absolute atomic E-state index is 13.8. The van der Waals surface area contributed by atoms with Gasteiger partial charge in [-0.2, -0.15) is 13.2 Å². The normalized spacial score (nSPS) is 14.8. The van der Waals surface area contributed by atoms with Crippen LogP contribution in [0, 0.1) is 5.82 Å². The molecular weight excluding hydrogens is 474 g/mol. The zero-order valence-electron chi connectivity index (χ0n) is 19.0. The van der Waals surface area contributed by atoms with Gasteiger partial charge in [0.1, 0.15) is 17.3 Å². The number of amides is 1. The summed E-state index contributed by atoms with van der Waals surface area (Å²) >= 11 is 0. The number of nitrogens with zero attached hydrogens (tertiary/aromatic N) is 3. The summed E-state index contributed by atoms with van der Waals surface area (Å²) in [5.41, 5.74) is 1.89. The van der Waals surface area contributed by atoms with Crippen molar-refractivity contribution in [2.24, 2.45) is 0 Å². The lowest BCUT2D eigenvalue weighted by Gasteiger charge is -2.14. The molecule has 1 amide bonds. The molecule has 2 aromatic heterocycles. The maximum Gasteiger partial charge on any atom is 0.416 e. The van der Waals surface area contributed by atoms with Crippen LogP contribution in [0.2, 0.25) is 0 Å². The van der Waals surface area contributed by atoms with Crippen molar-refractivity contribution in [1.29, 1.82) is 0 Å². The summed E-state index contributed by atoms with van der Waals surface area (Å²) < 4.78 is 57.4. The summed E-state index contributed by atoms with van der Waals surface area (Å²) in [5.74, 6) is 0.686. The molecule has 0 unspecified atom stereocenters. The minimum absolute atomic E-state index is 0.112. The summed E-state index contributed by atoms with van der Waals surface area (Å²) in [6, 6.07) is 10.7. The molecule has 2 aromatic carbocycles. The fraction of sp³-hybridized carbons (Fsp3) is 0.231. The summed E-state index contributed by atoms with van der Waals surface area (Å²) in [6.45, 7) is 1.53. The van der Waals surface area contributed by atoms with Gasteiger partial charge in [0.05, 0.1) is 17.0 Å². The van der Waals surface area contributed by atoms with E-state index >= 15 is 0 Å². The predicted octanol–water partition coefficient (Wildman–Crippen LogP) is 5.19. The van der Waals surface area contributed by atoms with E-state index in [-0.39, 0.29) is 17.6 Å². The number of benzene rings is 2. The van der Waals surface area contributed by atoms with Crippen molar-refractivity contribution < 1.29 is 22.4 Å². The van der Waals surface area contributed by atoms with Gasteiger partial charge in [0.15, 0.2) is 5.82 Å². The third-order valence-corrected chi connectivity index (χ3v) is 6.58. The van der Waals surface area contributed by atoms with E-state index in [9.17, 15) is 22.4 Å². The van der Waals surface area contributed by atoms with Crippen molar-refractivity contribution in [2.45, 2.75) is 32.1 Å². The third-order valence-electron chi connectivity index (χ3n) is 6.58. The standard InChI is InChI=1S/C26H21F4N5O/c27-18-4-1-3-15(11-18)14-35-21-7-6-17(26(28,29)30)12-16(21)13-22(35)25(36)33-20-8-10-34-23-19(32-24(20)34)5-2-9-31-23/h1,3-4,6-8,11-13,31H,2,5,9-10,14H2,(H,33,36). The number of fused-ring (bicyclic) bond motifs is 4. The first-order chi connectivity index (χ1) is 17.3. The first kappa shape index (κ1) is 22.4. The number of allylic oxidation sites excluding steroid dienone is 1. The number of carbonyl (C=O) groups excluding carboxylic acids is 1. The molecule has 184 valence electrons. The van der Waals surface area contributed by atoms with E-state index in [4.69, 9.17) is 0 Å². The molecule has 0 fully saturated rings. The number of aromatic nitrogens is 3. The van der Waals surface area contributed by atoms with Gasteiger partial charge in [-0.25, -0.2) is 9.37 Å². The number of rotatable bonds is 4. The van der Waals surface area contributed by atoms with E-state index in [1.165, 1.54) is 24.3 Å². The second kappa shape index (κ2) is 8.25. The number of nitrogens with one attached hydrogen (secondary N) is 2. The average Bonchev–Trinajstić information content (AvgIpc) is 3.51. The van der Waals surface area contributed by atoms with Gasteiger partial charge in [0.25, 0.3) is 5.91 Å². The van der Waals surface area contributed by atoms with E-state index in [2.05, 4.69) is 15.6 Å². The Kier molecular flexibility index (Phi) is 5.13. The van der Waals surface area contributed by atoms with E-state index in [0.29, 0.717) is 29.1 Å². The molecular formula is C26H21F4N5O. The molecule has 0 bridgehead atoms. The Balaban J connectivity index is 1.38. The molecule has 0 radical (unpaired) electrons. The molecule has 4 aromatic rings. The second-order valence-electron chi connectivity index (χ2n) is 8.96. The van der Waals surface area contributed by atoms with Crippen LogP contribution in [0.1, 0.15) is 39.6 Å². The van der Waals surface area contributed by atoms with E-state index in [1.807, 2.05) is 10.6 Å². The average molecular weight is 495 g/mol. The lowest BCUT2D eigenvalue weighted by molar-refractivity contribution is -0.137. The quantitative estimate of drug-likeness (QED) is 0.383. The number of alkyl halides is 3. The molecule has 36 heavy (non-hydrogen) atoms. The maximum atomic E-state index is 13.8. The van der Waals surface area contributed by atoms with Gasteiger partial charge in [0.2, 0.25) is 0 Å². The molecule has 2 N–H and O–H groups in total. The van der Waals surface area contributed by atoms with Gasteiger partial charge in [-0.05, 0) is 60.9 Å². The third kappa shape index (κ3) is 3.82. The molecule has 6 nitrogen and oxygen atoms in total. The highest BCUT2D eigenvalue weighted by molar-refractivity contribution is 6.02. The van der Waals surface area contributed by atoms with E-state index in [1.54, 1.807) is 16.7 Å². The predicted molar refractivity (Wildman–Crippen MR) is 127 cm³/mol. The zero-order valence-corrected chi connectivity index (χ0v) is 19.0. The van der Waals surface area contributed by atoms with Crippen molar-refractivity contribution >= 4 is 28.3 Å². The van der Waals surface area contributed by atoms with Crippen LogP contribution < -0.4 is 10.6 Å². The Morgan fingerprint density at radius 1 is 1.14 bits per heavy atom. The van der Waals surface area contributed by atoms with Gasteiger partial charge < -0.3 is 19.8 Å². The van der Waals surface area contributed by atoms with Gasteiger partial charge in [0, 0.05) is 30.5 Å². The highest BCUT2D eigenvalue weighted by Crippen LogP contribution is 2.34. The summed E-state index contributed by atoms with van der Waals surface area (Å²) in [7, 11) is 0. The van der Waals surface area contributed by atoms with E-state index in [0.717, 1.165) is 43.0 Å². The molecule has 0 saturated carbocycles. The number of carbonyl (C=O) groups is 1. The zero-order chi connectivity index (χ0) is 25.0. The van der Waals surface area contributed by atoms with Crippen LogP contribution >= 0.6 is 0 Å². The highest BCUT2D eigenvalue weighted by Gasteiger charge is 2.31. The fourth-order valence-electron chi connectivity index (χ4n) is 4.91. The number of hydrogen-bond acceptors (Lipinski definition) is 3. The number of anilines is 1. The molecule has 6 rings (SSSR count). The van der Waals surface area contributed by atoms with Crippen molar-refractivity contribution in [2.75, 3.05) is 11.9 Å². The van der Waals surface area contributed by atoms with Crippen LogP contribution in [0.3, 0.4) is 0 Å². The first-order valence-electron chi connectivity index (χ1n) is 11.6. The number of halogens is 4. The molecule has 2 aliphatic heterocycles. The molecule has 0 atom stereocenters. The largest absolute Gasteiger partial charge is 0.416 e. The lowest BCUT2D eigenvalue weighted by atomic mass is 10.1. The van der Waals surface area contributed by atoms with Crippen LogP contribution in [-0.2, 0) is 25.7 Å². The van der Waals surface area contributed by atoms with Gasteiger partial charge in [-0.15, -0.1) is 0 Å². The molecule has 4 heterocycles. The van der Waals surface area contributed by atoms with Crippen LogP contribution in [-0.4, -0.2) is 26.6 Å². The number of imidazole rings is 1. The Morgan fingerprint density at radius 2 is 2.00 bits per heavy atom. The second-order valence-corrected chi connectivity index (χ2v) is 8.96. The topological polar surface area (TPSA) is 63.9 Å². The van der Waals surface area contributed by atoms with Crippen LogP contribution in [0.15, 0.2) is 54.6 Å². The van der Waals surface area contributed by atoms with Crippen molar-refractivity contribution in [3.05, 3.63) is 88.8 Å². The summed E-state index contributed by atoms with van der Waals surface area (Å²) in [4.78, 5) is 18.1. The van der Waals surface area contributed by atoms with Crippen molar-refractivity contribution in [3.8, 4) is 0 Å². The number of hydrogen-bond donors (Lipinski definition) is 2. The molecule has 0 spiro atoms. The molecule has 0 aliphatic carbocycles. The molecule has 10 heteroatoms. The Morgan fingerprint density at radius 3 is 2.81 bits per heavy atom. The van der Waals surface area contributed by atoms with Crippen LogP contribution in [0.5, 0.6) is 0 Å². The summed E-state index contributed by atoms with van der Waals surface area (Å²) in [5, 5.41) is 6.52. The van der Waals surface area contributed by atoms with Gasteiger partial charge >= 0.3 is 6.18 Å². The highest BCUT2D eigenvalue weighted by atomic mass is 19.4. The van der Waals surface area contributed by atoms with Crippen LogP contribution in [0.25, 0.3) is 16.6 Å². The monoisotopic (exact) mass is 495 g/mol. The van der Waals surface area contributed by atoms with Gasteiger partial charge in [-0.1, -0.05) is 12.1 Å². The molecule has 2 aliphatic rings. The first-order valence-corrected chi connectivity index (χ1v) is 11.6. The lowest BCUT2D eigenvalue weighted by Crippen LogP contribution is -2.25. The summed E-state index contributed by atoms with van der Waals surface area (Å²) in [6.07, 6.45) is -0.819. The SMILES string of the molecule is O=C(NC1=CCn2c1nc1c2NCCC1)c1cc2cc(C(F)(F)F)ccc2n1Cc1cccc(F)c1. The Labute approximate surface area is 203 Å². The molecule has 0 saturated heterocycles. The number of aryl methyl sites for hydroxylation is 1. The fourth-order valence-corrected chi connectivity index (χ4v) is 4.91. The Hall–Kier alpha value is -4.08. The van der Waals surface area contributed by atoms with Crippen LogP contribution in [0.4, 0.5) is 23.4 Å². The van der Waals surface area contributed by atoms with E-state index < -0.39 is 23.5 Å².